The molecule has 7 nitrogen and oxygen atoms in total. The van der Waals surface area contributed by atoms with Gasteiger partial charge in [0.1, 0.15) is 5.82 Å². The average molecular weight is 437 g/mol. The molecule has 0 saturated carbocycles. The van der Waals surface area contributed by atoms with Crippen LogP contribution in [0.4, 0.5) is 4.39 Å². The fourth-order valence-electron chi connectivity index (χ4n) is 3.04. The molecular formula is C21H25FN2O5S. The van der Waals surface area contributed by atoms with E-state index in [9.17, 15) is 17.6 Å². The quantitative estimate of drug-likeness (QED) is 0.696. The highest BCUT2D eigenvalue weighted by molar-refractivity contribution is 7.89. The van der Waals surface area contributed by atoms with Gasteiger partial charge in [-0.25, -0.2) is 17.5 Å². The van der Waals surface area contributed by atoms with Crippen LogP contribution in [0.1, 0.15) is 43.6 Å². The number of carbonyl (C=O) groups excluding carboxylic acids is 1. The Morgan fingerprint density at radius 3 is 2.53 bits per heavy atom. The van der Waals surface area contributed by atoms with Gasteiger partial charge >= 0.3 is 0 Å². The number of carbonyl (C=O) groups is 1. The maximum atomic E-state index is 14.3. The lowest BCUT2D eigenvalue weighted by Crippen LogP contribution is -2.37. The summed E-state index contributed by atoms with van der Waals surface area (Å²) in [6, 6.07) is 8.35. The molecule has 0 aliphatic carbocycles. The minimum absolute atomic E-state index is 0.167. The highest BCUT2D eigenvalue weighted by Crippen LogP contribution is 2.36. The van der Waals surface area contributed by atoms with Gasteiger partial charge in [0.25, 0.3) is 5.91 Å². The van der Waals surface area contributed by atoms with Crippen molar-refractivity contribution in [3.8, 4) is 11.5 Å². The summed E-state index contributed by atoms with van der Waals surface area (Å²) in [5.41, 5.74) is 0.0869. The van der Waals surface area contributed by atoms with E-state index in [1.807, 2.05) is 26.0 Å². The number of ether oxygens (including phenoxy) is 2. The molecule has 30 heavy (non-hydrogen) atoms. The minimum atomic E-state index is -3.85. The smallest absolute Gasteiger partial charge is 0.254 e. The van der Waals surface area contributed by atoms with Crippen molar-refractivity contribution in [1.82, 2.24) is 10.0 Å². The Kier molecular flexibility index (Phi) is 6.05. The summed E-state index contributed by atoms with van der Waals surface area (Å²) >= 11 is 0. The van der Waals surface area contributed by atoms with Crippen molar-refractivity contribution in [3.63, 3.8) is 0 Å². The van der Waals surface area contributed by atoms with Gasteiger partial charge < -0.3 is 14.8 Å². The molecule has 1 aliphatic rings. The van der Waals surface area contributed by atoms with Gasteiger partial charge in [-0.2, -0.15) is 0 Å². The molecular weight excluding hydrogens is 411 g/mol. The van der Waals surface area contributed by atoms with Crippen LogP contribution < -0.4 is 19.5 Å². The van der Waals surface area contributed by atoms with E-state index in [2.05, 4.69) is 10.0 Å². The number of rotatable bonds is 7. The standard InChI is InChI=1S/C21H25FN2O5S/c1-13(2)24-30(26,27)15-6-7-17(22)16(10-15)20(25)23-11-21(3,4)14-5-8-18-19(9-14)29-12-28-18/h5-10,13,24H,11-12H2,1-4H3,(H,23,25). The Morgan fingerprint density at radius 1 is 1.13 bits per heavy atom. The normalized spacial score (nSPS) is 13.5. The van der Waals surface area contributed by atoms with Gasteiger partial charge in [-0.05, 0) is 49.7 Å². The first-order valence-corrected chi connectivity index (χ1v) is 11.0. The van der Waals surface area contributed by atoms with Crippen LogP contribution in [0, 0.1) is 5.82 Å². The molecule has 0 radical (unpaired) electrons. The zero-order valence-electron chi connectivity index (χ0n) is 17.3. The Labute approximate surface area is 175 Å². The molecule has 162 valence electrons. The van der Waals surface area contributed by atoms with Crippen LogP contribution in [-0.4, -0.2) is 33.7 Å². The predicted octanol–water partition coefficient (Wildman–Crippen LogP) is 2.95. The van der Waals surface area contributed by atoms with Gasteiger partial charge in [-0.3, -0.25) is 4.79 Å². The number of hydrogen-bond acceptors (Lipinski definition) is 5. The second-order valence-corrected chi connectivity index (χ2v) is 9.77. The molecule has 0 unspecified atom stereocenters. The lowest BCUT2D eigenvalue weighted by atomic mass is 9.84. The van der Waals surface area contributed by atoms with Crippen molar-refractivity contribution < 1.29 is 27.1 Å². The summed E-state index contributed by atoms with van der Waals surface area (Å²) in [6.07, 6.45) is 0. The van der Waals surface area contributed by atoms with Gasteiger partial charge in [0.15, 0.2) is 11.5 Å². The molecule has 2 aromatic rings. The molecule has 0 aromatic heterocycles. The SMILES string of the molecule is CC(C)NS(=O)(=O)c1ccc(F)c(C(=O)NCC(C)(C)c2ccc3c(c2)OCO3)c1. The monoisotopic (exact) mass is 436 g/mol. The highest BCUT2D eigenvalue weighted by Gasteiger charge is 2.26. The van der Waals surface area contributed by atoms with Gasteiger partial charge in [-0.1, -0.05) is 19.9 Å². The maximum absolute atomic E-state index is 14.3. The van der Waals surface area contributed by atoms with Gasteiger partial charge in [0, 0.05) is 18.0 Å². The first-order valence-electron chi connectivity index (χ1n) is 9.50. The molecule has 1 aliphatic heterocycles. The van der Waals surface area contributed by atoms with E-state index in [1.165, 1.54) is 0 Å². The number of fused-ring (bicyclic) bond motifs is 1. The van der Waals surface area contributed by atoms with Crippen molar-refractivity contribution in [2.45, 2.75) is 44.0 Å². The number of amides is 1. The molecule has 0 atom stereocenters. The van der Waals surface area contributed by atoms with Crippen LogP contribution in [0.5, 0.6) is 11.5 Å². The Hall–Kier alpha value is -2.65. The van der Waals surface area contributed by atoms with Crippen LogP contribution in [-0.2, 0) is 15.4 Å². The van der Waals surface area contributed by atoms with E-state index >= 15 is 0 Å². The third-order valence-electron chi connectivity index (χ3n) is 4.73. The first kappa shape index (κ1) is 22.0. The minimum Gasteiger partial charge on any atom is -0.454 e. The predicted molar refractivity (Wildman–Crippen MR) is 110 cm³/mol. The fourth-order valence-corrected chi connectivity index (χ4v) is 4.32. The van der Waals surface area contributed by atoms with Crippen LogP contribution >= 0.6 is 0 Å². The van der Waals surface area contributed by atoms with E-state index in [4.69, 9.17) is 9.47 Å². The molecule has 9 heteroatoms. The summed E-state index contributed by atoms with van der Waals surface area (Å²) in [4.78, 5) is 12.5. The Balaban J connectivity index is 1.76. The first-order chi connectivity index (χ1) is 14.0. The van der Waals surface area contributed by atoms with Gasteiger partial charge in [-0.15, -0.1) is 0 Å². The van der Waals surface area contributed by atoms with Gasteiger partial charge in [0.2, 0.25) is 16.8 Å². The largest absolute Gasteiger partial charge is 0.454 e. The Morgan fingerprint density at radius 2 is 1.83 bits per heavy atom. The van der Waals surface area contributed by atoms with Crippen LogP contribution in [0.3, 0.4) is 0 Å². The molecule has 1 heterocycles. The fraction of sp³-hybridized carbons (Fsp3) is 0.381. The van der Waals surface area contributed by atoms with Crippen molar-refractivity contribution in [2.24, 2.45) is 0 Å². The third-order valence-corrected chi connectivity index (χ3v) is 6.38. The van der Waals surface area contributed by atoms with Crippen molar-refractivity contribution >= 4 is 15.9 Å². The second kappa shape index (κ2) is 8.23. The van der Waals surface area contributed by atoms with Crippen molar-refractivity contribution in [2.75, 3.05) is 13.3 Å². The molecule has 1 amide bonds. The molecule has 0 bridgehead atoms. The van der Waals surface area contributed by atoms with Crippen LogP contribution in [0.15, 0.2) is 41.3 Å². The zero-order chi connectivity index (χ0) is 22.1. The summed E-state index contributed by atoms with van der Waals surface area (Å²) < 4.78 is 52.1. The lowest BCUT2D eigenvalue weighted by Gasteiger charge is -2.26. The summed E-state index contributed by atoms with van der Waals surface area (Å²) in [5, 5.41) is 2.70. The van der Waals surface area contributed by atoms with Crippen molar-refractivity contribution in [3.05, 3.63) is 53.3 Å². The van der Waals surface area contributed by atoms with E-state index in [0.29, 0.717) is 11.5 Å². The number of sulfonamides is 1. The average Bonchev–Trinajstić information content (AvgIpc) is 3.13. The van der Waals surface area contributed by atoms with Crippen molar-refractivity contribution in [1.29, 1.82) is 0 Å². The highest BCUT2D eigenvalue weighted by atomic mass is 32.2. The molecule has 0 spiro atoms. The molecule has 0 fully saturated rings. The van der Waals surface area contributed by atoms with E-state index < -0.39 is 27.2 Å². The van der Waals surface area contributed by atoms with E-state index in [1.54, 1.807) is 19.9 Å². The maximum Gasteiger partial charge on any atom is 0.254 e. The Bertz CT molecular complexity index is 1070. The summed E-state index contributed by atoms with van der Waals surface area (Å²) in [7, 11) is -3.85. The molecule has 2 N–H and O–H groups in total. The molecule has 0 saturated heterocycles. The summed E-state index contributed by atoms with van der Waals surface area (Å²) in [6.45, 7) is 7.56. The number of hydrogen-bond donors (Lipinski definition) is 2. The second-order valence-electron chi connectivity index (χ2n) is 8.05. The van der Waals surface area contributed by atoms with Crippen LogP contribution in [0.2, 0.25) is 0 Å². The van der Waals surface area contributed by atoms with Crippen LogP contribution in [0.25, 0.3) is 0 Å². The molecule has 3 rings (SSSR count). The van der Waals surface area contributed by atoms with Gasteiger partial charge in [0.05, 0.1) is 10.5 Å². The number of halogens is 1. The topological polar surface area (TPSA) is 93.7 Å². The summed E-state index contributed by atoms with van der Waals surface area (Å²) in [5.74, 6) is -0.193. The van der Waals surface area contributed by atoms with E-state index in [-0.39, 0.29) is 29.8 Å². The third kappa shape index (κ3) is 4.73. The molecule has 2 aromatic carbocycles. The van der Waals surface area contributed by atoms with E-state index in [0.717, 1.165) is 23.8 Å². The lowest BCUT2D eigenvalue weighted by molar-refractivity contribution is 0.0941. The number of benzene rings is 2. The number of nitrogens with one attached hydrogen (secondary N) is 2. The zero-order valence-corrected chi connectivity index (χ0v) is 18.1.